The largest absolute Gasteiger partial charge is 0.452 e. The molecule has 130 valence electrons. The first-order valence-corrected chi connectivity index (χ1v) is 7.78. The van der Waals surface area contributed by atoms with E-state index in [1.807, 2.05) is 0 Å². The molecule has 1 N–H and O–H groups in total. The SMILES string of the molecule is O=C(COC(=O)c1ccccc1[N+](=O)[O-])Nc1cc(Cl)c(Cl)cc1Cl. The van der Waals surface area contributed by atoms with Crippen LogP contribution in [0, 0.1) is 10.1 Å². The van der Waals surface area contributed by atoms with E-state index >= 15 is 0 Å². The van der Waals surface area contributed by atoms with Crippen molar-refractivity contribution in [1.29, 1.82) is 0 Å². The fraction of sp³-hybridized carbons (Fsp3) is 0.0667. The summed E-state index contributed by atoms with van der Waals surface area (Å²) in [6.07, 6.45) is 0. The van der Waals surface area contributed by atoms with E-state index in [0.717, 1.165) is 6.07 Å². The van der Waals surface area contributed by atoms with Gasteiger partial charge in [0.2, 0.25) is 0 Å². The molecule has 0 aliphatic carbocycles. The zero-order valence-corrected chi connectivity index (χ0v) is 14.6. The number of nitro groups is 1. The number of benzene rings is 2. The quantitative estimate of drug-likeness (QED) is 0.346. The van der Waals surface area contributed by atoms with Gasteiger partial charge in [-0.05, 0) is 18.2 Å². The number of ether oxygens (including phenoxy) is 1. The van der Waals surface area contributed by atoms with Crippen LogP contribution in [0.25, 0.3) is 0 Å². The van der Waals surface area contributed by atoms with E-state index in [9.17, 15) is 19.7 Å². The van der Waals surface area contributed by atoms with Crippen molar-refractivity contribution in [3.63, 3.8) is 0 Å². The minimum atomic E-state index is -0.998. The van der Waals surface area contributed by atoms with Gasteiger partial charge in [0.15, 0.2) is 6.61 Å². The third kappa shape index (κ3) is 4.82. The summed E-state index contributed by atoms with van der Waals surface area (Å²) in [5, 5.41) is 13.8. The van der Waals surface area contributed by atoms with Gasteiger partial charge in [-0.1, -0.05) is 46.9 Å². The number of rotatable bonds is 5. The van der Waals surface area contributed by atoms with Crippen molar-refractivity contribution in [3.8, 4) is 0 Å². The summed E-state index contributed by atoms with van der Waals surface area (Å²) in [5.74, 6) is -1.70. The van der Waals surface area contributed by atoms with Crippen LogP contribution in [0.3, 0.4) is 0 Å². The van der Waals surface area contributed by atoms with E-state index in [2.05, 4.69) is 5.32 Å². The lowest BCUT2D eigenvalue weighted by atomic mass is 10.2. The number of nitrogens with one attached hydrogen (secondary N) is 1. The van der Waals surface area contributed by atoms with Gasteiger partial charge < -0.3 is 10.1 Å². The van der Waals surface area contributed by atoms with E-state index in [1.165, 1.54) is 30.3 Å². The number of amides is 1. The normalized spacial score (nSPS) is 10.2. The molecule has 0 fully saturated rings. The van der Waals surface area contributed by atoms with Crippen LogP contribution < -0.4 is 5.32 Å². The molecule has 1 amide bonds. The molecule has 0 spiro atoms. The topological polar surface area (TPSA) is 98.5 Å². The second kappa shape index (κ2) is 8.15. The van der Waals surface area contributed by atoms with Crippen molar-refractivity contribution in [3.05, 3.63) is 67.1 Å². The molecule has 0 atom stereocenters. The number of carbonyl (C=O) groups is 2. The number of hydrogen-bond acceptors (Lipinski definition) is 5. The summed E-state index contributed by atoms with van der Waals surface area (Å²) in [5.41, 5.74) is -0.490. The van der Waals surface area contributed by atoms with Gasteiger partial charge in [0.1, 0.15) is 5.56 Å². The van der Waals surface area contributed by atoms with Crippen LogP contribution in [0.5, 0.6) is 0 Å². The van der Waals surface area contributed by atoms with Crippen molar-refractivity contribution in [2.75, 3.05) is 11.9 Å². The van der Waals surface area contributed by atoms with E-state index in [0.29, 0.717) is 0 Å². The number of nitro benzene ring substituents is 1. The Hall–Kier alpha value is -2.35. The third-order valence-electron chi connectivity index (χ3n) is 2.94. The molecule has 0 saturated heterocycles. The van der Waals surface area contributed by atoms with Gasteiger partial charge in [0.05, 0.1) is 25.7 Å². The summed E-state index contributed by atoms with van der Waals surface area (Å²) >= 11 is 17.5. The highest BCUT2D eigenvalue weighted by atomic mass is 35.5. The van der Waals surface area contributed by atoms with Crippen LogP contribution in [0.15, 0.2) is 36.4 Å². The zero-order chi connectivity index (χ0) is 18.6. The predicted octanol–water partition coefficient (Wildman–Crippen LogP) is 4.35. The minimum Gasteiger partial charge on any atom is -0.452 e. The average Bonchev–Trinajstić information content (AvgIpc) is 2.57. The lowest BCUT2D eigenvalue weighted by molar-refractivity contribution is -0.385. The lowest BCUT2D eigenvalue weighted by Crippen LogP contribution is -2.21. The molecule has 2 rings (SSSR count). The van der Waals surface area contributed by atoms with Crippen molar-refractivity contribution >= 4 is 58.1 Å². The monoisotopic (exact) mass is 402 g/mol. The molecule has 2 aromatic carbocycles. The molecule has 7 nitrogen and oxygen atoms in total. The summed E-state index contributed by atoms with van der Waals surface area (Å²) in [6, 6.07) is 7.93. The highest BCUT2D eigenvalue weighted by molar-refractivity contribution is 6.44. The molecule has 25 heavy (non-hydrogen) atoms. The molecule has 0 aliphatic rings. The number of para-hydroxylation sites is 1. The Bertz CT molecular complexity index is 857. The van der Waals surface area contributed by atoms with Gasteiger partial charge in [0, 0.05) is 6.07 Å². The van der Waals surface area contributed by atoms with Gasteiger partial charge >= 0.3 is 5.97 Å². The number of hydrogen-bond donors (Lipinski definition) is 1. The van der Waals surface area contributed by atoms with E-state index in [1.54, 1.807) is 0 Å². The van der Waals surface area contributed by atoms with E-state index in [-0.39, 0.29) is 26.3 Å². The predicted molar refractivity (Wildman–Crippen MR) is 93.5 cm³/mol. The van der Waals surface area contributed by atoms with Gasteiger partial charge in [-0.15, -0.1) is 0 Å². The number of carbonyl (C=O) groups excluding carboxylic acids is 2. The molecule has 0 heterocycles. The lowest BCUT2D eigenvalue weighted by Gasteiger charge is -2.09. The fourth-order valence-corrected chi connectivity index (χ4v) is 2.41. The van der Waals surface area contributed by atoms with Crippen LogP contribution in [0.2, 0.25) is 15.1 Å². The average molecular weight is 404 g/mol. The van der Waals surface area contributed by atoms with Crippen LogP contribution >= 0.6 is 34.8 Å². The fourth-order valence-electron chi connectivity index (χ4n) is 1.82. The highest BCUT2D eigenvalue weighted by Gasteiger charge is 2.21. The first-order valence-electron chi connectivity index (χ1n) is 6.64. The second-order valence-electron chi connectivity index (χ2n) is 4.64. The molecule has 0 bridgehead atoms. The maximum absolute atomic E-state index is 11.9. The van der Waals surface area contributed by atoms with Crippen LogP contribution in [0.1, 0.15) is 10.4 Å². The van der Waals surface area contributed by atoms with Crippen LogP contribution in [-0.4, -0.2) is 23.4 Å². The van der Waals surface area contributed by atoms with Crippen LogP contribution in [-0.2, 0) is 9.53 Å². The van der Waals surface area contributed by atoms with Crippen molar-refractivity contribution in [2.45, 2.75) is 0 Å². The van der Waals surface area contributed by atoms with Gasteiger partial charge in [0.25, 0.3) is 11.6 Å². The van der Waals surface area contributed by atoms with Crippen molar-refractivity contribution in [1.82, 2.24) is 0 Å². The number of esters is 1. The first kappa shape index (κ1) is 19.0. The molecular weight excluding hydrogens is 395 g/mol. The number of nitrogens with zero attached hydrogens (tertiary/aromatic N) is 1. The second-order valence-corrected chi connectivity index (χ2v) is 5.87. The third-order valence-corrected chi connectivity index (χ3v) is 3.97. The van der Waals surface area contributed by atoms with Gasteiger partial charge in [-0.25, -0.2) is 4.79 Å². The molecule has 0 saturated carbocycles. The first-order chi connectivity index (χ1) is 11.8. The van der Waals surface area contributed by atoms with Crippen molar-refractivity contribution < 1.29 is 19.2 Å². The Morgan fingerprint density at radius 1 is 1.08 bits per heavy atom. The van der Waals surface area contributed by atoms with E-state index < -0.39 is 29.1 Å². The Balaban J connectivity index is 2.02. The van der Waals surface area contributed by atoms with Gasteiger partial charge in [-0.2, -0.15) is 0 Å². The molecular formula is C15H9Cl3N2O5. The standard InChI is InChI=1S/C15H9Cl3N2O5/c16-9-5-11(18)12(6-10(9)17)19-14(21)7-25-15(22)8-3-1-2-4-13(8)20(23)24/h1-6H,7H2,(H,19,21). The van der Waals surface area contributed by atoms with Crippen LogP contribution in [0.4, 0.5) is 11.4 Å². The number of halogens is 3. The molecule has 0 unspecified atom stereocenters. The summed E-state index contributed by atoms with van der Waals surface area (Å²) < 4.78 is 4.79. The Kier molecular flexibility index (Phi) is 6.19. The molecule has 10 heteroatoms. The summed E-state index contributed by atoms with van der Waals surface area (Å²) in [7, 11) is 0. The highest BCUT2D eigenvalue weighted by Crippen LogP contribution is 2.32. The zero-order valence-electron chi connectivity index (χ0n) is 12.3. The smallest absolute Gasteiger partial charge is 0.345 e. The Morgan fingerprint density at radius 3 is 2.40 bits per heavy atom. The molecule has 0 aromatic heterocycles. The summed E-state index contributed by atoms with van der Waals surface area (Å²) in [4.78, 5) is 33.9. The minimum absolute atomic E-state index is 0.146. The van der Waals surface area contributed by atoms with Crippen molar-refractivity contribution in [2.24, 2.45) is 0 Å². The maximum Gasteiger partial charge on any atom is 0.345 e. The van der Waals surface area contributed by atoms with E-state index in [4.69, 9.17) is 39.5 Å². The molecule has 0 radical (unpaired) electrons. The Morgan fingerprint density at radius 2 is 1.72 bits per heavy atom. The Labute approximate surface area is 156 Å². The summed E-state index contributed by atoms with van der Waals surface area (Å²) in [6.45, 7) is -0.665. The van der Waals surface area contributed by atoms with Gasteiger partial charge in [-0.3, -0.25) is 14.9 Å². The molecule has 2 aromatic rings. The maximum atomic E-state index is 11.9. The molecule has 0 aliphatic heterocycles. The number of anilines is 1.